The topological polar surface area (TPSA) is 55.6 Å². The second kappa shape index (κ2) is 6.52. The Labute approximate surface area is 138 Å². The smallest absolute Gasteiger partial charge is 0.418 e. The zero-order valence-electron chi connectivity index (χ0n) is 13.1. The van der Waals surface area contributed by atoms with Gasteiger partial charge in [-0.3, -0.25) is 0 Å². The Morgan fingerprint density at radius 3 is 2.68 bits per heavy atom. The monoisotopic (exact) mass is 366 g/mol. The second-order valence-corrected chi connectivity index (χ2v) is 6.88. The summed E-state index contributed by atoms with van der Waals surface area (Å²) >= 11 is 3.42. The molecule has 0 spiro atoms. The molecule has 0 aliphatic carbocycles. The molecule has 2 rings (SSSR count). The molecule has 5 nitrogen and oxygen atoms in total. The number of hydrogen-bond donors (Lipinski definition) is 0. The lowest BCUT2D eigenvalue weighted by molar-refractivity contribution is 0.0569. The highest BCUT2D eigenvalue weighted by atomic mass is 79.9. The largest absolute Gasteiger partial charge is 0.443 e. The van der Waals surface area contributed by atoms with Crippen LogP contribution in [0.4, 0.5) is 10.8 Å². The quantitative estimate of drug-likeness (QED) is 0.790. The van der Waals surface area contributed by atoms with Crippen molar-refractivity contribution in [2.75, 3.05) is 4.90 Å². The molecule has 0 saturated heterocycles. The van der Waals surface area contributed by atoms with E-state index >= 15 is 0 Å². The van der Waals surface area contributed by atoms with Crippen molar-refractivity contribution in [3.05, 3.63) is 46.3 Å². The van der Waals surface area contributed by atoms with Gasteiger partial charge in [0.1, 0.15) is 11.9 Å². The number of hydrogen-bond acceptors (Lipinski definition) is 4. The molecular weight excluding hydrogens is 348 g/mol. The minimum Gasteiger partial charge on any atom is -0.443 e. The SMILES string of the molecule is Cc1coc(N(Cc2cccc(Br)c2)C(=O)OC(C)(C)C)n1. The van der Waals surface area contributed by atoms with E-state index in [2.05, 4.69) is 20.9 Å². The van der Waals surface area contributed by atoms with Gasteiger partial charge < -0.3 is 9.15 Å². The molecule has 1 aromatic carbocycles. The summed E-state index contributed by atoms with van der Waals surface area (Å²) in [5.74, 6) is 0. The molecule has 1 heterocycles. The molecule has 118 valence electrons. The van der Waals surface area contributed by atoms with Gasteiger partial charge in [0.25, 0.3) is 0 Å². The number of aromatic nitrogens is 1. The number of ether oxygens (including phenoxy) is 1. The van der Waals surface area contributed by atoms with Crippen LogP contribution in [0.25, 0.3) is 0 Å². The summed E-state index contributed by atoms with van der Waals surface area (Å²) in [6.07, 6.45) is 1.02. The molecule has 1 amide bonds. The van der Waals surface area contributed by atoms with Crippen molar-refractivity contribution in [1.82, 2.24) is 4.98 Å². The fourth-order valence-corrected chi connectivity index (χ4v) is 2.26. The Morgan fingerprint density at radius 1 is 1.41 bits per heavy atom. The predicted molar refractivity (Wildman–Crippen MR) is 87.8 cm³/mol. The number of oxazole rings is 1. The zero-order chi connectivity index (χ0) is 16.3. The average molecular weight is 367 g/mol. The van der Waals surface area contributed by atoms with Gasteiger partial charge in [0, 0.05) is 4.47 Å². The third-order valence-corrected chi connectivity index (χ3v) is 3.17. The van der Waals surface area contributed by atoms with Gasteiger partial charge in [-0.05, 0) is 45.4 Å². The molecule has 1 aromatic heterocycles. The van der Waals surface area contributed by atoms with Crippen molar-refractivity contribution >= 4 is 28.0 Å². The lowest BCUT2D eigenvalue weighted by Crippen LogP contribution is -2.36. The van der Waals surface area contributed by atoms with Crippen LogP contribution < -0.4 is 4.90 Å². The first-order chi connectivity index (χ1) is 10.2. The number of halogens is 1. The van der Waals surface area contributed by atoms with Gasteiger partial charge in [0.05, 0.1) is 12.2 Å². The van der Waals surface area contributed by atoms with Crippen LogP contribution in [0.3, 0.4) is 0 Å². The van der Waals surface area contributed by atoms with Crippen LogP contribution in [-0.4, -0.2) is 16.7 Å². The highest BCUT2D eigenvalue weighted by Gasteiger charge is 2.26. The first-order valence-corrected chi connectivity index (χ1v) is 7.71. The van der Waals surface area contributed by atoms with Crippen LogP contribution in [0.15, 0.2) is 39.4 Å². The fraction of sp³-hybridized carbons (Fsp3) is 0.375. The lowest BCUT2D eigenvalue weighted by Gasteiger charge is -2.25. The third-order valence-electron chi connectivity index (χ3n) is 2.68. The molecule has 0 bridgehead atoms. The summed E-state index contributed by atoms with van der Waals surface area (Å²) in [7, 11) is 0. The van der Waals surface area contributed by atoms with Gasteiger partial charge in [0.2, 0.25) is 0 Å². The fourth-order valence-electron chi connectivity index (χ4n) is 1.81. The summed E-state index contributed by atoms with van der Waals surface area (Å²) in [6.45, 7) is 7.59. The van der Waals surface area contributed by atoms with E-state index in [4.69, 9.17) is 9.15 Å². The van der Waals surface area contributed by atoms with Gasteiger partial charge >= 0.3 is 12.1 Å². The molecule has 22 heavy (non-hydrogen) atoms. The Balaban J connectivity index is 2.27. The van der Waals surface area contributed by atoms with Crippen molar-refractivity contribution in [3.8, 4) is 0 Å². The number of benzene rings is 1. The van der Waals surface area contributed by atoms with Crippen LogP contribution in [0, 0.1) is 6.92 Å². The molecule has 2 aromatic rings. The minimum absolute atomic E-state index is 0.228. The number of aryl methyl sites for hydroxylation is 1. The number of nitrogens with zero attached hydrogens (tertiary/aromatic N) is 2. The van der Waals surface area contributed by atoms with Gasteiger partial charge in [0.15, 0.2) is 0 Å². The summed E-state index contributed by atoms with van der Waals surface area (Å²) in [5, 5.41) is 0. The first-order valence-electron chi connectivity index (χ1n) is 6.92. The molecule has 0 fully saturated rings. The Hall–Kier alpha value is -1.82. The summed E-state index contributed by atoms with van der Waals surface area (Å²) < 4.78 is 11.8. The molecular formula is C16H19BrN2O3. The molecule has 0 aliphatic heterocycles. The summed E-state index contributed by atoms with van der Waals surface area (Å²) in [4.78, 5) is 18.1. The van der Waals surface area contributed by atoms with Crippen molar-refractivity contribution in [3.63, 3.8) is 0 Å². The number of carbonyl (C=O) groups excluding carboxylic acids is 1. The summed E-state index contributed by atoms with van der Waals surface area (Å²) in [6, 6.07) is 7.93. The maximum atomic E-state index is 12.4. The molecule has 0 atom stereocenters. The van der Waals surface area contributed by atoms with Crippen molar-refractivity contribution < 1.29 is 13.9 Å². The second-order valence-electron chi connectivity index (χ2n) is 5.97. The van der Waals surface area contributed by atoms with E-state index in [0.29, 0.717) is 12.2 Å². The Bertz CT molecular complexity index is 661. The molecule has 0 radical (unpaired) electrons. The molecule has 0 N–H and O–H groups in total. The standard InChI is InChI=1S/C16H19BrN2O3/c1-11-10-21-14(18-11)19(15(20)22-16(2,3)4)9-12-6-5-7-13(17)8-12/h5-8,10H,9H2,1-4H3. The maximum Gasteiger partial charge on any atom is 0.418 e. The Morgan fingerprint density at radius 2 is 2.14 bits per heavy atom. The van der Waals surface area contributed by atoms with Crippen molar-refractivity contribution in [2.24, 2.45) is 0 Å². The molecule has 0 aliphatic rings. The highest BCUT2D eigenvalue weighted by Crippen LogP contribution is 2.21. The van der Waals surface area contributed by atoms with E-state index in [-0.39, 0.29) is 6.01 Å². The van der Waals surface area contributed by atoms with Crippen LogP contribution in [0.1, 0.15) is 32.0 Å². The normalized spacial score (nSPS) is 11.3. The maximum absolute atomic E-state index is 12.4. The Kier molecular flexibility index (Phi) is 4.90. The third kappa shape index (κ3) is 4.59. The first kappa shape index (κ1) is 16.5. The van der Waals surface area contributed by atoms with E-state index in [1.807, 2.05) is 45.0 Å². The van der Waals surface area contributed by atoms with Crippen molar-refractivity contribution in [2.45, 2.75) is 39.8 Å². The highest BCUT2D eigenvalue weighted by molar-refractivity contribution is 9.10. The van der Waals surface area contributed by atoms with E-state index in [1.54, 1.807) is 6.92 Å². The van der Waals surface area contributed by atoms with E-state index < -0.39 is 11.7 Å². The van der Waals surface area contributed by atoms with E-state index in [9.17, 15) is 4.79 Å². The van der Waals surface area contributed by atoms with Gasteiger partial charge in [-0.2, -0.15) is 4.98 Å². The minimum atomic E-state index is -0.589. The number of anilines is 1. The average Bonchev–Trinajstić information content (AvgIpc) is 2.80. The van der Waals surface area contributed by atoms with Gasteiger partial charge in [-0.25, -0.2) is 9.69 Å². The number of amides is 1. The van der Waals surface area contributed by atoms with E-state index in [1.165, 1.54) is 11.2 Å². The van der Waals surface area contributed by atoms with Crippen molar-refractivity contribution in [1.29, 1.82) is 0 Å². The predicted octanol–water partition coefficient (Wildman–Crippen LogP) is 4.69. The van der Waals surface area contributed by atoms with Crippen LogP contribution in [0.2, 0.25) is 0 Å². The summed E-state index contributed by atoms with van der Waals surface area (Å²) in [5.41, 5.74) is 1.06. The van der Waals surface area contributed by atoms with Crippen LogP contribution in [0.5, 0.6) is 0 Å². The molecule has 6 heteroatoms. The zero-order valence-corrected chi connectivity index (χ0v) is 14.7. The number of rotatable bonds is 3. The molecule has 0 saturated carbocycles. The van der Waals surface area contributed by atoms with Gasteiger partial charge in [-0.15, -0.1) is 0 Å². The number of carbonyl (C=O) groups is 1. The molecule has 0 unspecified atom stereocenters. The van der Waals surface area contributed by atoms with Crippen LogP contribution >= 0.6 is 15.9 Å². The lowest BCUT2D eigenvalue weighted by atomic mass is 10.2. The van der Waals surface area contributed by atoms with Crippen LogP contribution in [-0.2, 0) is 11.3 Å². The van der Waals surface area contributed by atoms with Gasteiger partial charge in [-0.1, -0.05) is 28.1 Å². The van der Waals surface area contributed by atoms with E-state index in [0.717, 1.165) is 10.0 Å².